The number of likely N-dealkylation sites (tertiary alicyclic amines) is 1. The van der Waals surface area contributed by atoms with E-state index in [2.05, 4.69) is 61.9 Å². The van der Waals surface area contributed by atoms with E-state index in [-0.39, 0.29) is 5.54 Å². The van der Waals surface area contributed by atoms with Gasteiger partial charge in [-0.3, -0.25) is 0 Å². The molecule has 0 spiro atoms. The summed E-state index contributed by atoms with van der Waals surface area (Å²) in [4.78, 5) is 4.97. The maximum absolute atomic E-state index is 6.24. The van der Waals surface area contributed by atoms with Crippen LogP contribution in [0, 0.1) is 6.92 Å². The highest BCUT2D eigenvalue weighted by atomic mass is 15.2. The molecule has 1 fully saturated rings. The van der Waals surface area contributed by atoms with E-state index in [4.69, 9.17) is 5.73 Å². The third-order valence-electron chi connectivity index (χ3n) is 4.94. The van der Waals surface area contributed by atoms with Gasteiger partial charge in [0.15, 0.2) is 0 Å². The lowest BCUT2D eigenvalue weighted by molar-refractivity contribution is 0.130. The van der Waals surface area contributed by atoms with Crippen molar-refractivity contribution >= 4 is 5.69 Å². The molecule has 1 aliphatic rings. The molecule has 0 amide bonds. The second-order valence-electron chi connectivity index (χ2n) is 6.30. The number of nitrogens with zero attached hydrogens (tertiary/aromatic N) is 2. The van der Waals surface area contributed by atoms with E-state index in [1.165, 1.54) is 11.3 Å². The first kappa shape index (κ1) is 15.3. The fourth-order valence-corrected chi connectivity index (χ4v) is 3.54. The summed E-state index contributed by atoms with van der Waals surface area (Å²) in [6, 6.07) is 9.40. The van der Waals surface area contributed by atoms with Crippen LogP contribution < -0.4 is 10.6 Å². The summed E-state index contributed by atoms with van der Waals surface area (Å²) in [5.74, 6) is 0. The topological polar surface area (TPSA) is 32.5 Å². The highest BCUT2D eigenvalue weighted by molar-refractivity contribution is 5.51. The lowest BCUT2D eigenvalue weighted by atomic mass is 9.81. The Labute approximate surface area is 123 Å². The van der Waals surface area contributed by atoms with E-state index in [1.807, 2.05) is 0 Å². The number of hydrogen-bond donors (Lipinski definition) is 1. The molecule has 1 heterocycles. The predicted octanol–water partition coefficient (Wildman–Crippen LogP) is 2.63. The van der Waals surface area contributed by atoms with Gasteiger partial charge in [-0.2, -0.15) is 0 Å². The van der Waals surface area contributed by atoms with Gasteiger partial charge in [0.05, 0.1) is 5.54 Å². The molecule has 20 heavy (non-hydrogen) atoms. The molecule has 0 bridgehead atoms. The highest BCUT2D eigenvalue weighted by Gasteiger charge is 2.40. The molecule has 0 radical (unpaired) electrons. The monoisotopic (exact) mass is 275 g/mol. The number of likely N-dealkylation sites (N-methyl/N-ethyl adjacent to an activating group) is 1. The van der Waals surface area contributed by atoms with Crippen LogP contribution in [0.4, 0.5) is 5.69 Å². The van der Waals surface area contributed by atoms with Gasteiger partial charge in [0, 0.05) is 31.4 Å². The van der Waals surface area contributed by atoms with E-state index in [0.29, 0.717) is 6.04 Å². The Morgan fingerprint density at radius 1 is 1.45 bits per heavy atom. The molecule has 1 saturated heterocycles. The quantitative estimate of drug-likeness (QED) is 0.917. The Hall–Kier alpha value is -1.06. The van der Waals surface area contributed by atoms with Crippen molar-refractivity contribution in [3.05, 3.63) is 29.8 Å². The van der Waals surface area contributed by atoms with Gasteiger partial charge in [-0.25, -0.2) is 0 Å². The van der Waals surface area contributed by atoms with Crippen LogP contribution in [-0.4, -0.2) is 43.2 Å². The van der Waals surface area contributed by atoms with Crippen LogP contribution in [0.5, 0.6) is 0 Å². The van der Waals surface area contributed by atoms with Crippen molar-refractivity contribution in [1.29, 1.82) is 0 Å². The fourth-order valence-electron chi connectivity index (χ4n) is 3.54. The minimum absolute atomic E-state index is 0.106. The number of anilines is 1. The molecule has 0 aliphatic carbocycles. The lowest BCUT2D eigenvalue weighted by Crippen LogP contribution is -2.61. The number of nitrogens with two attached hydrogens (primary N) is 1. The van der Waals surface area contributed by atoms with E-state index >= 15 is 0 Å². The molecule has 0 saturated carbocycles. The van der Waals surface area contributed by atoms with Crippen LogP contribution in [0.2, 0.25) is 0 Å². The SMILES string of the molecule is CCN(c1cccc(C)c1)C1(CN)CCN(C)C(C)C1. The van der Waals surface area contributed by atoms with Gasteiger partial charge in [0.25, 0.3) is 0 Å². The zero-order valence-corrected chi connectivity index (χ0v) is 13.4. The molecular weight excluding hydrogens is 246 g/mol. The number of aryl methyl sites for hydroxylation is 1. The largest absolute Gasteiger partial charge is 0.365 e. The van der Waals surface area contributed by atoms with Gasteiger partial charge in [-0.1, -0.05) is 12.1 Å². The molecule has 2 atom stereocenters. The zero-order valence-electron chi connectivity index (χ0n) is 13.4. The number of rotatable bonds is 4. The molecule has 1 aromatic carbocycles. The molecule has 3 heteroatoms. The molecule has 112 valence electrons. The van der Waals surface area contributed by atoms with E-state index < -0.39 is 0 Å². The molecular formula is C17H29N3. The van der Waals surface area contributed by atoms with Gasteiger partial charge in [0.1, 0.15) is 0 Å². The summed E-state index contributed by atoms with van der Waals surface area (Å²) >= 11 is 0. The first-order valence-corrected chi connectivity index (χ1v) is 7.77. The van der Waals surface area contributed by atoms with Crippen LogP contribution in [-0.2, 0) is 0 Å². The summed E-state index contributed by atoms with van der Waals surface area (Å²) in [6.45, 7) is 9.57. The van der Waals surface area contributed by atoms with E-state index in [9.17, 15) is 0 Å². The second-order valence-corrected chi connectivity index (χ2v) is 6.30. The van der Waals surface area contributed by atoms with Crippen LogP contribution in [0.25, 0.3) is 0 Å². The molecule has 0 aromatic heterocycles. The fraction of sp³-hybridized carbons (Fsp3) is 0.647. The minimum Gasteiger partial charge on any atom is -0.365 e. The molecule has 1 aliphatic heterocycles. The van der Waals surface area contributed by atoms with Gasteiger partial charge in [-0.05, 0) is 58.4 Å². The predicted molar refractivity (Wildman–Crippen MR) is 87.3 cm³/mol. The summed E-state index contributed by atoms with van der Waals surface area (Å²) in [6.07, 6.45) is 2.29. The van der Waals surface area contributed by atoms with Crippen molar-refractivity contribution in [3.8, 4) is 0 Å². The first-order chi connectivity index (χ1) is 9.52. The third-order valence-corrected chi connectivity index (χ3v) is 4.94. The normalized spacial score (nSPS) is 27.6. The van der Waals surface area contributed by atoms with Crippen molar-refractivity contribution in [2.45, 2.75) is 45.2 Å². The van der Waals surface area contributed by atoms with Gasteiger partial charge in [0.2, 0.25) is 0 Å². The van der Waals surface area contributed by atoms with Crippen LogP contribution >= 0.6 is 0 Å². The van der Waals surface area contributed by atoms with E-state index in [0.717, 1.165) is 32.5 Å². The average Bonchev–Trinajstić information content (AvgIpc) is 2.44. The Balaban J connectivity index is 2.32. The maximum Gasteiger partial charge on any atom is 0.0551 e. The molecule has 2 rings (SSSR count). The zero-order chi connectivity index (χ0) is 14.8. The van der Waals surface area contributed by atoms with E-state index in [1.54, 1.807) is 0 Å². The third kappa shape index (κ3) is 2.84. The molecule has 3 nitrogen and oxygen atoms in total. The highest BCUT2D eigenvalue weighted by Crippen LogP contribution is 2.34. The lowest BCUT2D eigenvalue weighted by Gasteiger charge is -2.51. The van der Waals surface area contributed by atoms with Crippen molar-refractivity contribution < 1.29 is 0 Å². The molecule has 1 aromatic rings. The Morgan fingerprint density at radius 2 is 2.20 bits per heavy atom. The second kappa shape index (κ2) is 6.15. The Kier molecular flexibility index (Phi) is 4.71. The van der Waals surface area contributed by atoms with Crippen LogP contribution in [0.3, 0.4) is 0 Å². The van der Waals surface area contributed by atoms with Gasteiger partial charge >= 0.3 is 0 Å². The van der Waals surface area contributed by atoms with Crippen LogP contribution in [0.15, 0.2) is 24.3 Å². The van der Waals surface area contributed by atoms with Crippen molar-refractivity contribution in [1.82, 2.24) is 4.90 Å². The van der Waals surface area contributed by atoms with Gasteiger partial charge < -0.3 is 15.5 Å². The Bertz CT molecular complexity index is 446. The minimum atomic E-state index is 0.106. The number of piperidine rings is 1. The maximum atomic E-state index is 6.24. The summed E-state index contributed by atoms with van der Waals surface area (Å²) in [7, 11) is 2.22. The average molecular weight is 275 g/mol. The Morgan fingerprint density at radius 3 is 2.75 bits per heavy atom. The standard InChI is InChI=1S/C17H29N3/c1-5-20(16-8-6-7-14(2)11-16)17(13-18)9-10-19(4)15(3)12-17/h6-8,11,15H,5,9-10,12-13,18H2,1-4H3. The molecule has 2 N–H and O–H groups in total. The number of benzene rings is 1. The smallest absolute Gasteiger partial charge is 0.0551 e. The summed E-state index contributed by atoms with van der Waals surface area (Å²) < 4.78 is 0. The van der Waals surface area contributed by atoms with Crippen molar-refractivity contribution in [2.24, 2.45) is 5.73 Å². The molecule has 2 unspecified atom stereocenters. The number of hydrogen-bond acceptors (Lipinski definition) is 3. The first-order valence-electron chi connectivity index (χ1n) is 7.77. The van der Waals surface area contributed by atoms with Crippen LogP contribution in [0.1, 0.15) is 32.3 Å². The van der Waals surface area contributed by atoms with Gasteiger partial charge in [-0.15, -0.1) is 0 Å². The van der Waals surface area contributed by atoms with Crippen molar-refractivity contribution in [3.63, 3.8) is 0 Å². The summed E-state index contributed by atoms with van der Waals surface area (Å²) in [5.41, 5.74) is 8.97. The summed E-state index contributed by atoms with van der Waals surface area (Å²) in [5, 5.41) is 0. The van der Waals surface area contributed by atoms with Crippen molar-refractivity contribution in [2.75, 3.05) is 31.6 Å².